The second kappa shape index (κ2) is 5.01. The van der Waals surface area contributed by atoms with Crippen molar-refractivity contribution in [3.8, 4) is 0 Å². The van der Waals surface area contributed by atoms with Crippen molar-refractivity contribution in [3.05, 3.63) is 15.9 Å². The maximum absolute atomic E-state index is 5.88. The Labute approximate surface area is 102 Å². The van der Waals surface area contributed by atoms with Crippen LogP contribution in [-0.4, -0.2) is 11.3 Å². The summed E-state index contributed by atoms with van der Waals surface area (Å²) in [6, 6.07) is 4.79. The largest absolute Gasteiger partial charge is 0.328 e. The predicted octanol–water partition coefficient (Wildman–Crippen LogP) is 3.87. The lowest BCUT2D eigenvalue weighted by atomic mass is 9.96. The fourth-order valence-electron chi connectivity index (χ4n) is 1.73. The first-order valence-corrected chi connectivity index (χ1v) is 7.40. The lowest BCUT2D eigenvalue weighted by molar-refractivity contribution is 0.451. The fraction of sp³-hybridized carbons (Fsp3) is 0.600. The third-order valence-electron chi connectivity index (χ3n) is 2.55. The molecule has 0 aromatic carbocycles. The van der Waals surface area contributed by atoms with Gasteiger partial charge in [0, 0.05) is 11.3 Å². The van der Waals surface area contributed by atoms with Crippen molar-refractivity contribution in [1.29, 1.82) is 0 Å². The van der Waals surface area contributed by atoms with Gasteiger partial charge >= 0.3 is 0 Å². The van der Waals surface area contributed by atoms with Gasteiger partial charge in [0.2, 0.25) is 0 Å². The van der Waals surface area contributed by atoms with Gasteiger partial charge in [-0.25, -0.2) is 0 Å². The smallest absolute Gasteiger partial charge is 0.0710 e. The molecule has 78 valence electrons. The minimum Gasteiger partial charge on any atom is -0.328 e. The molecular formula is C10H14BrNS2. The quantitative estimate of drug-likeness (QED) is 0.895. The molecule has 1 aromatic heterocycles. The first kappa shape index (κ1) is 11.0. The predicted molar refractivity (Wildman–Crippen MR) is 68.1 cm³/mol. The zero-order chi connectivity index (χ0) is 9.97. The summed E-state index contributed by atoms with van der Waals surface area (Å²) in [4.78, 5) is 0. The van der Waals surface area contributed by atoms with Crippen LogP contribution in [0.3, 0.4) is 0 Å². The first-order valence-electron chi connectivity index (χ1n) is 4.91. The molecule has 0 bridgehead atoms. The normalized spacial score (nSPS) is 27.9. The zero-order valence-electron chi connectivity index (χ0n) is 7.91. The molecule has 0 saturated heterocycles. The van der Waals surface area contributed by atoms with Crippen LogP contribution < -0.4 is 5.73 Å². The van der Waals surface area contributed by atoms with Crippen molar-refractivity contribution in [2.45, 2.75) is 41.2 Å². The van der Waals surface area contributed by atoms with E-state index >= 15 is 0 Å². The van der Waals surface area contributed by atoms with Crippen LogP contribution in [0.2, 0.25) is 0 Å². The van der Waals surface area contributed by atoms with Gasteiger partial charge in [-0.15, -0.1) is 23.1 Å². The second-order valence-electron chi connectivity index (χ2n) is 3.71. The molecule has 1 heterocycles. The van der Waals surface area contributed by atoms with Crippen molar-refractivity contribution in [2.24, 2.45) is 5.73 Å². The summed E-state index contributed by atoms with van der Waals surface area (Å²) in [5, 5.41) is 0.792. The van der Waals surface area contributed by atoms with E-state index in [1.165, 1.54) is 33.7 Å². The Balaban J connectivity index is 1.86. The Morgan fingerprint density at radius 3 is 2.57 bits per heavy atom. The van der Waals surface area contributed by atoms with Crippen molar-refractivity contribution in [1.82, 2.24) is 0 Å². The number of nitrogens with two attached hydrogens (primary N) is 1. The molecular weight excluding hydrogens is 278 g/mol. The summed E-state index contributed by atoms with van der Waals surface area (Å²) < 4.78 is 2.66. The molecule has 0 amide bonds. The van der Waals surface area contributed by atoms with Crippen LogP contribution >= 0.6 is 39.0 Å². The van der Waals surface area contributed by atoms with Crippen LogP contribution in [0.1, 0.15) is 25.7 Å². The third kappa shape index (κ3) is 2.99. The Kier molecular flexibility index (Phi) is 3.93. The highest BCUT2D eigenvalue weighted by Gasteiger charge is 2.19. The first-order chi connectivity index (χ1) is 6.74. The summed E-state index contributed by atoms with van der Waals surface area (Å²) >= 11 is 7.34. The number of thioether (sulfide) groups is 1. The van der Waals surface area contributed by atoms with Crippen LogP contribution in [0.25, 0.3) is 0 Å². The molecule has 0 spiro atoms. The van der Waals surface area contributed by atoms with E-state index < -0.39 is 0 Å². The maximum Gasteiger partial charge on any atom is 0.0710 e. The highest BCUT2D eigenvalue weighted by atomic mass is 79.9. The van der Waals surface area contributed by atoms with Crippen molar-refractivity contribution in [3.63, 3.8) is 0 Å². The zero-order valence-corrected chi connectivity index (χ0v) is 11.1. The van der Waals surface area contributed by atoms with E-state index in [9.17, 15) is 0 Å². The van der Waals surface area contributed by atoms with Gasteiger partial charge < -0.3 is 5.73 Å². The molecule has 1 aromatic rings. The number of rotatable bonds is 2. The molecule has 1 fully saturated rings. The van der Waals surface area contributed by atoms with E-state index in [4.69, 9.17) is 5.73 Å². The average Bonchev–Trinajstić information content (AvgIpc) is 2.56. The summed E-state index contributed by atoms with van der Waals surface area (Å²) in [5.41, 5.74) is 5.88. The topological polar surface area (TPSA) is 26.0 Å². The highest BCUT2D eigenvalue weighted by Crippen LogP contribution is 2.38. The molecule has 1 saturated carbocycles. The van der Waals surface area contributed by atoms with Gasteiger partial charge in [0.25, 0.3) is 0 Å². The molecule has 2 N–H and O–H groups in total. The Bertz CT molecular complexity index is 292. The van der Waals surface area contributed by atoms with Crippen LogP contribution in [-0.2, 0) is 0 Å². The van der Waals surface area contributed by atoms with Crippen molar-refractivity contribution < 1.29 is 0 Å². The molecule has 1 aliphatic carbocycles. The van der Waals surface area contributed by atoms with E-state index in [1.54, 1.807) is 0 Å². The van der Waals surface area contributed by atoms with Gasteiger partial charge in [0.1, 0.15) is 0 Å². The van der Waals surface area contributed by atoms with Crippen LogP contribution in [0, 0.1) is 0 Å². The molecule has 1 nitrogen and oxygen atoms in total. The summed E-state index contributed by atoms with van der Waals surface area (Å²) in [5.74, 6) is 0. The molecule has 0 unspecified atom stereocenters. The summed E-state index contributed by atoms with van der Waals surface area (Å²) in [7, 11) is 0. The lowest BCUT2D eigenvalue weighted by Gasteiger charge is -2.24. The molecule has 1 aliphatic rings. The van der Waals surface area contributed by atoms with Gasteiger partial charge in [-0.05, 0) is 53.7 Å². The number of thiophene rings is 1. The monoisotopic (exact) mass is 291 g/mol. The van der Waals surface area contributed by atoms with Crippen LogP contribution in [0.4, 0.5) is 0 Å². The average molecular weight is 292 g/mol. The number of halogens is 1. The fourth-order valence-corrected chi connectivity index (χ4v) is 5.03. The summed E-state index contributed by atoms with van der Waals surface area (Å²) in [6.07, 6.45) is 4.96. The van der Waals surface area contributed by atoms with Gasteiger partial charge in [0.05, 0.1) is 8.00 Å². The molecule has 0 radical (unpaired) electrons. The van der Waals surface area contributed by atoms with E-state index in [-0.39, 0.29) is 0 Å². The summed E-state index contributed by atoms with van der Waals surface area (Å²) in [6.45, 7) is 0. The maximum atomic E-state index is 5.88. The SMILES string of the molecule is NC1CCC(Sc2ccc(Br)s2)CC1. The van der Waals surface area contributed by atoms with E-state index in [2.05, 4.69) is 28.1 Å². The second-order valence-corrected chi connectivity index (χ2v) is 7.78. The molecule has 2 rings (SSSR count). The van der Waals surface area contributed by atoms with E-state index in [0.717, 1.165) is 5.25 Å². The standard InChI is InChI=1S/C10H14BrNS2/c11-9-5-6-10(14-9)13-8-3-1-7(12)2-4-8/h5-8H,1-4,12H2. The molecule has 0 atom stereocenters. The van der Waals surface area contributed by atoms with E-state index in [1.807, 2.05) is 23.1 Å². The number of hydrogen-bond donors (Lipinski definition) is 1. The lowest BCUT2D eigenvalue weighted by Crippen LogP contribution is -2.27. The molecule has 14 heavy (non-hydrogen) atoms. The van der Waals surface area contributed by atoms with Crippen LogP contribution in [0.5, 0.6) is 0 Å². The van der Waals surface area contributed by atoms with Gasteiger partial charge in [0.15, 0.2) is 0 Å². The van der Waals surface area contributed by atoms with Crippen LogP contribution in [0.15, 0.2) is 20.1 Å². The van der Waals surface area contributed by atoms with E-state index in [0.29, 0.717) is 6.04 Å². The minimum absolute atomic E-state index is 0.460. The third-order valence-corrected chi connectivity index (χ3v) is 5.68. The highest BCUT2D eigenvalue weighted by molar-refractivity contribution is 9.11. The van der Waals surface area contributed by atoms with Gasteiger partial charge in [-0.1, -0.05) is 0 Å². The number of hydrogen-bond acceptors (Lipinski definition) is 3. The molecule has 4 heteroatoms. The van der Waals surface area contributed by atoms with Crippen molar-refractivity contribution in [2.75, 3.05) is 0 Å². The Hall–Kier alpha value is 0.490. The Morgan fingerprint density at radius 1 is 1.29 bits per heavy atom. The van der Waals surface area contributed by atoms with Gasteiger partial charge in [-0.2, -0.15) is 0 Å². The van der Waals surface area contributed by atoms with Gasteiger partial charge in [-0.3, -0.25) is 0 Å². The van der Waals surface area contributed by atoms with Crippen molar-refractivity contribution >= 4 is 39.0 Å². The Morgan fingerprint density at radius 2 is 2.00 bits per heavy atom. The molecule has 0 aliphatic heterocycles. The minimum atomic E-state index is 0.460.